The molecule has 0 atom stereocenters. The van der Waals surface area contributed by atoms with Crippen molar-refractivity contribution in [3.8, 4) is 0 Å². The van der Waals surface area contributed by atoms with Crippen LogP contribution in [0.15, 0.2) is 54.7 Å². The molecule has 1 aromatic heterocycles. The average molecular weight is 305 g/mol. The molecule has 2 nitrogen and oxygen atoms in total. The zero-order valence-corrected chi connectivity index (χ0v) is 12.9. The molecule has 1 aliphatic rings. The van der Waals surface area contributed by atoms with Crippen LogP contribution in [0.4, 0.5) is 10.1 Å². The van der Waals surface area contributed by atoms with E-state index in [-0.39, 0.29) is 5.82 Å². The summed E-state index contributed by atoms with van der Waals surface area (Å²) in [4.78, 5) is 6.79. The quantitative estimate of drug-likeness (QED) is 0.690. The van der Waals surface area contributed by atoms with Crippen LogP contribution in [0.3, 0.4) is 0 Å². The van der Waals surface area contributed by atoms with Gasteiger partial charge in [0, 0.05) is 36.4 Å². The highest BCUT2D eigenvalue weighted by atomic mass is 19.1. The molecule has 2 heterocycles. The Hall–Kier alpha value is -2.42. The van der Waals surface area contributed by atoms with E-state index in [1.165, 1.54) is 5.56 Å². The number of benzene rings is 2. The Bertz CT molecular complexity index is 805. The van der Waals surface area contributed by atoms with Gasteiger partial charge in [-0.05, 0) is 54.7 Å². The van der Waals surface area contributed by atoms with Crippen LogP contribution in [-0.2, 0) is 0 Å². The molecule has 1 saturated heterocycles. The van der Waals surface area contributed by atoms with Crippen LogP contribution in [0.1, 0.15) is 24.3 Å². The predicted molar refractivity (Wildman–Crippen MR) is 91.2 cm³/mol. The van der Waals surface area contributed by atoms with Crippen LogP contribution >= 0.6 is 0 Å². The molecule has 0 N–H and O–H groups in total. The van der Waals surface area contributed by atoms with E-state index in [1.54, 1.807) is 12.1 Å². The van der Waals surface area contributed by atoms with E-state index in [2.05, 4.69) is 28.1 Å². The molecule has 0 spiro atoms. The summed E-state index contributed by atoms with van der Waals surface area (Å²) in [7, 11) is 0. The summed E-state index contributed by atoms with van der Waals surface area (Å²) in [5, 5.41) is 1.12. The number of fused-ring (bicyclic) bond motifs is 1. The number of piperidine rings is 1. The Labute approximate surface area is 135 Å². The van der Waals surface area contributed by atoms with Crippen molar-refractivity contribution in [1.82, 2.24) is 4.98 Å². The van der Waals surface area contributed by atoms with E-state index in [0.29, 0.717) is 5.92 Å². The minimum atomic E-state index is -0.163. The zero-order valence-electron chi connectivity index (χ0n) is 12.9. The van der Waals surface area contributed by atoms with Crippen LogP contribution < -0.4 is 4.90 Å². The molecule has 0 amide bonds. The highest BCUT2D eigenvalue weighted by molar-refractivity contribution is 5.81. The molecule has 0 aliphatic carbocycles. The first-order valence-corrected chi connectivity index (χ1v) is 8.06. The molecule has 2 aromatic carbocycles. The minimum Gasteiger partial charge on any atom is -0.371 e. The lowest BCUT2D eigenvalue weighted by atomic mass is 9.89. The highest BCUT2D eigenvalue weighted by Crippen LogP contribution is 2.31. The average Bonchev–Trinajstić information content (AvgIpc) is 2.62. The SMILES string of the molecule is Fc1ccc(C2CCN(c3[c]cc4cccnc4c3)CC2)cc1. The van der Waals surface area contributed by atoms with Crippen LogP contribution in [0.2, 0.25) is 0 Å². The van der Waals surface area contributed by atoms with E-state index < -0.39 is 0 Å². The molecule has 1 aliphatic heterocycles. The van der Waals surface area contributed by atoms with E-state index in [4.69, 9.17) is 0 Å². The van der Waals surface area contributed by atoms with E-state index in [1.807, 2.05) is 30.5 Å². The third-order valence-corrected chi connectivity index (χ3v) is 4.70. The maximum absolute atomic E-state index is 13.0. The van der Waals surface area contributed by atoms with Gasteiger partial charge in [-0.25, -0.2) is 4.39 Å². The van der Waals surface area contributed by atoms with Crippen LogP contribution in [0.5, 0.6) is 0 Å². The van der Waals surface area contributed by atoms with Gasteiger partial charge < -0.3 is 4.90 Å². The Morgan fingerprint density at radius 1 is 1.09 bits per heavy atom. The standard InChI is InChI=1S/C20H18FN2/c21-18-6-3-15(4-7-18)16-9-12-23(13-10-16)19-8-5-17-2-1-11-22-20(17)14-19/h1-7,11,14,16H,9-10,12-13H2. The zero-order chi connectivity index (χ0) is 15.6. The molecule has 0 bridgehead atoms. The van der Waals surface area contributed by atoms with Gasteiger partial charge in [0.05, 0.1) is 5.52 Å². The van der Waals surface area contributed by atoms with Crippen molar-refractivity contribution in [2.75, 3.05) is 18.0 Å². The summed E-state index contributed by atoms with van der Waals surface area (Å²) in [6, 6.07) is 18.5. The number of halogens is 1. The first-order valence-electron chi connectivity index (χ1n) is 8.06. The second kappa shape index (κ2) is 5.99. The number of anilines is 1. The van der Waals surface area contributed by atoms with Crippen molar-refractivity contribution in [1.29, 1.82) is 0 Å². The van der Waals surface area contributed by atoms with Gasteiger partial charge in [0.2, 0.25) is 0 Å². The summed E-state index contributed by atoms with van der Waals surface area (Å²) in [5.41, 5.74) is 3.38. The fourth-order valence-corrected chi connectivity index (χ4v) is 3.37. The number of hydrogen-bond donors (Lipinski definition) is 0. The van der Waals surface area contributed by atoms with Gasteiger partial charge in [-0.2, -0.15) is 0 Å². The lowest BCUT2D eigenvalue weighted by Crippen LogP contribution is -2.32. The molecule has 115 valence electrons. The Balaban J connectivity index is 1.49. The van der Waals surface area contributed by atoms with E-state index >= 15 is 0 Å². The fourth-order valence-electron chi connectivity index (χ4n) is 3.37. The van der Waals surface area contributed by atoms with Crippen molar-refractivity contribution < 1.29 is 4.39 Å². The molecule has 3 heteroatoms. The van der Waals surface area contributed by atoms with Crippen molar-refractivity contribution in [2.24, 2.45) is 0 Å². The van der Waals surface area contributed by atoms with Gasteiger partial charge in [0.15, 0.2) is 0 Å². The van der Waals surface area contributed by atoms with Crippen molar-refractivity contribution >= 4 is 16.6 Å². The summed E-state index contributed by atoms with van der Waals surface area (Å²) in [6.07, 6.45) is 3.99. The molecule has 3 aromatic rings. The second-order valence-electron chi connectivity index (χ2n) is 6.11. The largest absolute Gasteiger partial charge is 0.371 e. The van der Waals surface area contributed by atoms with Crippen molar-refractivity contribution in [2.45, 2.75) is 18.8 Å². The fraction of sp³-hybridized carbons (Fsp3) is 0.250. The second-order valence-corrected chi connectivity index (χ2v) is 6.11. The lowest BCUT2D eigenvalue weighted by Gasteiger charge is -2.33. The molecular formula is C20H18FN2. The maximum atomic E-state index is 13.0. The number of rotatable bonds is 2. The van der Waals surface area contributed by atoms with Crippen LogP contribution in [0.25, 0.3) is 10.9 Å². The maximum Gasteiger partial charge on any atom is 0.123 e. The molecule has 4 rings (SSSR count). The van der Waals surface area contributed by atoms with E-state index in [9.17, 15) is 4.39 Å². The van der Waals surface area contributed by atoms with Crippen molar-refractivity contribution in [3.05, 3.63) is 72.2 Å². The highest BCUT2D eigenvalue weighted by Gasteiger charge is 2.21. The molecule has 0 unspecified atom stereocenters. The smallest absolute Gasteiger partial charge is 0.123 e. The van der Waals surface area contributed by atoms with E-state index in [0.717, 1.165) is 42.5 Å². The number of aromatic nitrogens is 1. The summed E-state index contributed by atoms with van der Waals surface area (Å²) in [6.45, 7) is 1.99. The number of pyridine rings is 1. The van der Waals surface area contributed by atoms with Crippen LogP contribution in [-0.4, -0.2) is 18.1 Å². The number of nitrogens with zero attached hydrogens (tertiary/aromatic N) is 2. The normalized spacial score (nSPS) is 16.0. The molecule has 0 saturated carbocycles. The molecule has 1 radical (unpaired) electrons. The first-order chi connectivity index (χ1) is 11.3. The minimum absolute atomic E-state index is 0.163. The van der Waals surface area contributed by atoms with Gasteiger partial charge in [0.1, 0.15) is 5.82 Å². The Kier molecular flexibility index (Phi) is 3.70. The molecular weight excluding hydrogens is 287 g/mol. The van der Waals surface area contributed by atoms with Crippen molar-refractivity contribution in [3.63, 3.8) is 0 Å². The summed E-state index contributed by atoms with van der Waals surface area (Å²) >= 11 is 0. The molecule has 23 heavy (non-hydrogen) atoms. The topological polar surface area (TPSA) is 16.1 Å². The lowest BCUT2D eigenvalue weighted by molar-refractivity contribution is 0.504. The van der Waals surface area contributed by atoms with Gasteiger partial charge in [-0.3, -0.25) is 4.98 Å². The third-order valence-electron chi connectivity index (χ3n) is 4.70. The van der Waals surface area contributed by atoms with Gasteiger partial charge >= 0.3 is 0 Å². The Morgan fingerprint density at radius 3 is 2.65 bits per heavy atom. The van der Waals surface area contributed by atoms with Gasteiger partial charge in [0.25, 0.3) is 0 Å². The third kappa shape index (κ3) is 2.91. The summed E-state index contributed by atoms with van der Waals surface area (Å²) in [5.74, 6) is 0.356. The monoisotopic (exact) mass is 305 g/mol. The Morgan fingerprint density at radius 2 is 1.87 bits per heavy atom. The van der Waals surface area contributed by atoms with Gasteiger partial charge in [-0.15, -0.1) is 0 Å². The predicted octanol–water partition coefficient (Wildman–Crippen LogP) is 4.56. The first kappa shape index (κ1) is 14.2. The van der Waals surface area contributed by atoms with Crippen LogP contribution in [0, 0.1) is 11.9 Å². The summed E-state index contributed by atoms with van der Waals surface area (Å²) < 4.78 is 13.0. The van der Waals surface area contributed by atoms with Gasteiger partial charge in [-0.1, -0.05) is 18.2 Å². The number of hydrogen-bond acceptors (Lipinski definition) is 2. The molecule has 1 fully saturated rings.